The molecule has 22 heavy (non-hydrogen) atoms. The van der Waals surface area contributed by atoms with Crippen LogP contribution in [0, 0.1) is 5.82 Å². The molecule has 2 aromatic rings. The highest BCUT2D eigenvalue weighted by atomic mass is 19.1. The summed E-state index contributed by atoms with van der Waals surface area (Å²) in [6, 6.07) is 15.3. The summed E-state index contributed by atoms with van der Waals surface area (Å²) in [5.41, 5.74) is 2.62. The quantitative estimate of drug-likeness (QED) is 0.787. The van der Waals surface area contributed by atoms with Crippen LogP contribution in [0.3, 0.4) is 0 Å². The number of halogens is 1. The molecule has 116 valence electrons. The molecule has 1 aliphatic rings. The van der Waals surface area contributed by atoms with Crippen LogP contribution in [0.2, 0.25) is 0 Å². The van der Waals surface area contributed by atoms with Crippen molar-refractivity contribution in [2.24, 2.45) is 0 Å². The lowest BCUT2D eigenvalue weighted by Gasteiger charge is -2.27. The van der Waals surface area contributed by atoms with Gasteiger partial charge < -0.3 is 9.64 Å². The maximum atomic E-state index is 13.1. The fraction of sp³-hybridized carbons (Fsp3) is 0.368. The largest absolute Gasteiger partial charge is 0.486 e. The van der Waals surface area contributed by atoms with E-state index in [1.807, 2.05) is 0 Å². The summed E-state index contributed by atoms with van der Waals surface area (Å²) in [5.74, 6) is 0.486. The Morgan fingerprint density at radius 2 is 1.77 bits per heavy atom. The molecular weight excluding hydrogens is 277 g/mol. The molecule has 1 aliphatic carbocycles. The Kier molecular flexibility index (Phi) is 4.44. The Hall–Kier alpha value is -1.87. The molecule has 2 atom stereocenters. The van der Waals surface area contributed by atoms with E-state index >= 15 is 0 Å². The van der Waals surface area contributed by atoms with Gasteiger partial charge in [0, 0.05) is 12.5 Å². The van der Waals surface area contributed by atoms with Crippen molar-refractivity contribution in [3.8, 4) is 5.75 Å². The number of fused-ring (bicyclic) bond motifs is 1. The summed E-state index contributed by atoms with van der Waals surface area (Å²) in [4.78, 5) is 2.27. The summed E-state index contributed by atoms with van der Waals surface area (Å²) >= 11 is 0. The Morgan fingerprint density at radius 3 is 2.50 bits per heavy atom. The van der Waals surface area contributed by atoms with Crippen LogP contribution >= 0.6 is 0 Å². The molecule has 0 saturated heterocycles. The number of hydrogen-bond donors (Lipinski definition) is 0. The average molecular weight is 299 g/mol. The first-order chi connectivity index (χ1) is 10.6. The molecule has 0 amide bonds. The highest BCUT2D eigenvalue weighted by Gasteiger charge is 2.26. The van der Waals surface area contributed by atoms with E-state index in [0.29, 0.717) is 6.04 Å². The van der Waals surface area contributed by atoms with Crippen LogP contribution in [0.5, 0.6) is 5.75 Å². The van der Waals surface area contributed by atoms with E-state index in [0.717, 1.165) is 25.0 Å². The normalized spacial score (nSPS) is 21.3. The van der Waals surface area contributed by atoms with Gasteiger partial charge in [0.25, 0.3) is 0 Å². The SMILES string of the molecule is CN(C)[C@@H]1CCc2ccccc2[C@H](Oc2ccc(F)cc2)C1. The summed E-state index contributed by atoms with van der Waals surface area (Å²) in [7, 11) is 4.24. The fourth-order valence-electron chi connectivity index (χ4n) is 3.15. The van der Waals surface area contributed by atoms with Crippen LogP contribution in [0.1, 0.15) is 30.1 Å². The number of rotatable bonds is 3. The summed E-state index contributed by atoms with van der Waals surface area (Å²) < 4.78 is 19.3. The van der Waals surface area contributed by atoms with Gasteiger partial charge in [0.05, 0.1) is 0 Å². The summed E-state index contributed by atoms with van der Waals surface area (Å²) in [6.07, 6.45) is 3.16. The van der Waals surface area contributed by atoms with Gasteiger partial charge in [-0.05, 0) is 62.3 Å². The summed E-state index contributed by atoms with van der Waals surface area (Å²) in [6.45, 7) is 0. The fourth-order valence-corrected chi connectivity index (χ4v) is 3.15. The topological polar surface area (TPSA) is 12.5 Å². The second-order valence-corrected chi connectivity index (χ2v) is 6.15. The molecule has 0 heterocycles. The molecule has 0 fully saturated rings. The van der Waals surface area contributed by atoms with E-state index < -0.39 is 0 Å². The first-order valence-corrected chi connectivity index (χ1v) is 7.80. The molecule has 2 nitrogen and oxygen atoms in total. The van der Waals surface area contributed by atoms with Crippen molar-refractivity contribution in [3.05, 3.63) is 65.5 Å². The molecule has 0 aromatic heterocycles. The number of ether oxygens (including phenoxy) is 1. The lowest BCUT2D eigenvalue weighted by molar-refractivity contribution is 0.146. The third-order valence-electron chi connectivity index (χ3n) is 4.46. The van der Waals surface area contributed by atoms with Gasteiger partial charge in [0.1, 0.15) is 17.7 Å². The van der Waals surface area contributed by atoms with Crippen LogP contribution in [0.4, 0.5) is 4.39 Å². The molecule has 2 aromatic carbocycles. The van der Waals surface area contributed by atoms with E-state index in [-0.39, 0.29) is 11.9 Å². The minimum Gasteiger partial charge on any atom is -0.486 e. The highest BCUT2D eigenvalue weighted by Crippen LogP contribution is 2.34. The van der Waals surface area contributed by atoms with Gasteiger partial charge in [-0.2, -0.15) is 0 Å². The van der Waals surface area contributed by atoms with Crippen LogP contribution in [0.15, 0.2) is 48.5 Å². The van der Waals surface area contributed by atoms with Crippen LogP contribution in [0.25, 0.3) is 0 Å². The molecule has 0 N–H and O–H groups in total. The zero-order chi connectivity index (χ0) is 15.5. The van der Waals surface area contributed by atoms with Crippen LogP contribution in [-0.4, -0.2) is 25.0 Å². The minimum atomic E-state index is -0.236. The van der Waals surface area contributed by atoms with Gasteiger partial charge in [-0.25, -0.2) is 4.39 Å². The third-order valence-corrected chi connectivity index (χ3v) is 4.46. The van der Waals surface area contributed by atoms with Gasteiger partial charge in [-0.15, -0.1) is 0 Å². The molecular formula is C19H22FNO. The third kappa shape index (κ3) is 3.30. The van der Waals surface area contributed by atoms with Crippen molar-refractivity contribution in [1.82, 2.24) is 4.90 Å². The molecule has 0 radical (unpaired) electrons. The molecule has 0 bridgehead atoms. The van der Waals surface area contributed by atoms with Crippen molar-refractivity contribution in [2.45, 2.75) is 31.4 Å². The molecule has 0 aliphatic heterocycles. The predicted molar refractivity (Wildman–Crippen MR) is 86.6 cm³/mol. The molecule has 0 unspecified atom stereocenters. The van der Waals surface area contributed by atoms with E-state index in [4.69, 9.17) is 4.74 Å². The lowest BCUT2D eigenvalue weighted by Crippen LogP contribution is -2.30. The molecule has 0 saturated carbocycles. The molecule has 3 rings (SSSR count). The standard InChI is InChI=1S/C19H22FNO/c1-21(2)16-10-7-14-5-3-4-6-18(14)19(13-16)22-17-11-8-15(20)9-12-17/h3-6,8-9,11-12,16,19H,7,10,13H2,1-2H3/t16-,19-/m1/s1. The maximum Gasteiger partial charge on any atom is 0.125 e. The zero-order valence-electron chi connectivity index (χ0n) is 13.1. The monoisotopic (exact) mass is 299 g/mol. The minimum absolute atomic E-state index is 0.0107. The van der Waals surface area contributed by atoms with E-state index in [1.165, 1.54) is 23.3 Å². The van der Waals surface area contributed by atoms with E-state index in [2.05, 4.69) is 43.3 Å². The smallest absolute Gasteiger partial charge is 0.125 e. The van der Waals surface area contributed by atoms with E-state index in [9.17, 15) is 4.39 Å². The second-order valence-electron chi connectivity index (χ2n) is 6.15. The van der Waals surface area contributed by atoms with Gasteiger partial charge in [-0.3, -0.25) is 0 Å². The maximum absolute atomic E-state index is 13.1. The second kappa shape index (κ2) is 6.49. The van der Waals surface area contributed by atoms with Crippen LogP contribution < -0.4 is 4.74 Å². The van der Waals surface area contributed by atoms with Gasteiger partial charge in [0.15, 0.2) is 0 Å². The summed E-state index contributed by atoms with van der Waals surface area (Å²) in [5, 5.41) is 0. The highest BCUT2D eigenvalue weighted by molar-refractivity contribution is 5.32. The Morgan fingerprint density at radius 1 is 1.05 bits per heavy atom. The van der Waals surface area contributed by atoms with Crippen molar-refractivity contribution in [2.75, 3.05) is 14.1 Å². The first kappa shape index (κ1) is 15.0. The van der Waals surface area contributed by atoms with Gasteiger partial charge in [0.2, 0.25) is 0 Å². The number of benzene rings is 2. The molecule has 3 heteroatoms. The van der Waals surface area contributed by atoms with Crippen molar-refractivity contribution in [3.63, 3.8) is 0 Å². The van der Waals surface area contributed by atoms with Crippen molar-refractivity contribution in [1.29, 1.82) is 0 Å². The van der Waals surface area contributed by atoms with Gasteiger partial charge in [-0.1, -0.05) is 24.3 Å². The van der Waals surface area contributed by atoms with E-state index in [1.54, 1.807) is 12.1 Å². The Labute approximate surface area is 131 Å². The number of nitrogens with zero attached hydrogens (tertiary/aromatic N) is 1. The number of aryl methyl sites for hydroxylation is 1. The van der Waals surface area contributed by atoms with Crippen LogP contribution in [-0.2, 0) is 6.42 Å². The molecule has 0 spiro atoms. The zero-order valence-corrected chi connectivity index (χ0v) is 13.1. The number of hydrogen-bond acceptors (Lipinski definition) is 2. The van der Waals surface area contributed by atoms with Gasteiger partial charge >= 0.3 is 0 Å². The first-order valence-electron chi connectivity index (χ1n) is 7.80. The average Bonchev–Trinajstić information content (AvgIpc) is 2.70. The Bertz CT molecular complexity index is 624. The van der Waals surface area contributed by atoms with Crippen molar-refractivity contribution < 1.29 is 9.13 Å². The Balaban J connectivity index is 1.89. The lowest BCUT2D eigenvalue weighted by atomic mass is 10.0. The predicted octanol–water partition coefficient (Wildman–Crippen LogP) is 4.21. The van der Waals surface area contributed by atoms with Crippen molar-refractivity contribution >= 4 is 0 Å².